The van der Waals surface area contributed by atoms with Crippen molar-refractivity contribution in [1.82, 2.24) is 20.2 Å². The Bertz CT molecular complexity index is 1190. The van der Waals surface area contributed by atoms with Crippen LogP contribution in [0, 0.1) is 12.7 Å². The number of fused-ring (bicyclic) bond motifs is 1. The number of anilines is 2. The first-order valence-electron chi connectivity index (χ1n) is 11.5. The molecule has 34 heavy (non-hydrogen) atoms. The number of likely N-dealkylation sites (tertiary alicyclic amines) is 1. The number of benzene rings is 1. The molecule has 0 bridgehead atoms. The Morgan fingerprint density at radius 1 is 1.26 bits per heavy atom. The second-order valence-electron chi connectivity index (χ2n) is 8.88. The van der Waals surface area contributed by atoms with Gasteiger partial charge in [0.2, 0.25) is 0 Å². The summed E-state index contributed by atoms with van der Waals surface area (Å²) in [5.41, 5.74) is 1.42. The Labute approximate surface area is 201 Å². The highest BCUT2D eigenvalue weighted by Gasteiger charge is 2.24. The number of hydrogen-bond donors (Lipinski definition) is 2. The van der Waals surface area contributed by atoms with Gasteiger partial charge in [-0.3, -0.25) is 4.79 Å². The van der Waals surface area contributed by atoms with E-state index in [4.69, 9.17) is 9.47 Å². The van der Waals surface area contributed by atoms with Crippen molar-refractivity contribution in [1.29, 1.82) is 0 Å². The number of aryl methyl sites for hydroxylation is 1. The molecular formula is C24H28FN5O3S. The van der Waals surface area contributed by atoms with Gasteiger partial charge in [-0.25, -0.2) is 14.4 Å². The molecule has 1 atom stereocenters. The standard InChI is InChI=1S/C24H28FN5O3S/c1-14-20-22(29-18-4-3-15(25)11-19(18)33-17-7-10-32-12-17)26-13-27-24(20)34-21(14)23(31)28-16-5-8-30(2)9-6-16/h3-4,11,13,16-17H,5-10,12H2,1-2H3,(H,28,31)(H,26,27,29). The zero-order valence-corrected chi connectivity index (χ0v) is 20.1. The van der Waals surface area contributed by atoms with Gasteiger partial charge in [0.15, 0.2) is 0 Å². The maximum atomic E-state index is 14.0. The summed E-state index contributed by atoms with van der Waals surface area (Å²) in [4.78, 5) is 25.5. The first kappa shape index (κ1) is 22.9. The number of halogens is 1. The third-order valence-electron chi connectivity index (χ3n) is 6.37. The van der Waals surface area contributed by atoms with E-state index in [1.807, 2.05) is 6.92 Å². The second kappa shape index (κ2) is 9.81. The Morgan fingerprint density at radius 3 is 2.85 bits per heavy atom. The molecule has 0 radical (unpaired) electrons. The third kappa shape index (κ3) is 4.84. The van der Waals surface area contributed by atoms with Crippen molar-refractivity contribution in [3.63, 3.8) is 0 Å². The normalized spacial score (nSPS) is 19.4. The van der Waals surface area contributed by atoms with Crippen molar-refractivity contribution < 1.29 is 18.7 Å². The largest absolute Gasteiger partial charge is 0.486 e. The first-order valence-corrected chi connectivity index (χ1v) is 12.3. The predicted molar refractivity (Wildman–Crippen MR) is 130 cm³/mol. The molecule has 2 saturated heterocycles. The molecule has 2 aliphatic heterocycles. The Hall–Kier alpha value is -2.82. The number of carbonyl (C=O) groups excluding carboxylic acids is 1. The van der Waals surface area contributed by atoms with E-state index in [-0.39, 0.29) is 23.9 Å². The quantitative estimate of drug-likeness (QED) is 0.548. The SMILES string of the molecule is Cc1c(C(=O)NC2CCN(C)CC2)sc2ncnc(Nc3ccc(F)cc3OC3CCOC3)c12. The molecule has 180 valence electrons. The van der Waals surface area contributed by atoms with E-state index in [0.29, 0.717) is 35.3 Å². The molecule has 10 heteroatoms. The number of rotatable bonds is 6. The molecule has 5 rings (SSSR count). The number of nitrogens with one attached hydrogen (secondary N) is 2. The molecule has 2 fully saturated rings. The van der Waals surface area contributed by atoms with Crippen LogP contribution in [0.2, 0.25) is 0 Å². The van der Waals surface area contributed by atoms with Gasteiger partial charge < -0.3 is 25.0 Å². The molecule has 1 amide bonds. The maximum Gasteiger partial charge on any atom is 0.261 e. The highest BCUT2D eigenvalue weighted by atomic mass is 32.1. The van der Waals surface area contributed by atoms with E-state index in [2.05, 4.69) is 32.5 Å². The van der Waals surface area contributed by atoms with Gasteiger partial charge >= 0.3 is 0 Å². The average Bonchev–Trinajstić information content (AvgIpc) is 3.45. The summed E-state index contributed by atoms with van der Waals surface area (Å²) in [5, 5.41) is 7.25. The summed E-state index contributed by atoms with van der Waals surface area (Å²) in [6, 6.07) is 4.54. The molecule has 0 saturated carbocycles. The van der Waals surface area contributed by atoms with E-state index < -0.39 is 0 Å². The molecule has 0 spiro atoms. The first-order chi connectivity index (χ1) is 16.5. The molecule has 2 aromatic heterocycles. The zero-order valence-electron chi connectivity index (χ0n) is 19.3. The fourth-order valence-electron chi connectivity index (χ4n) is 4.40. The van der Waals surface area contributed by atoms with Crippen molar-refractivity contribution in [2.24, 2.45) is 0 Å². The van der Waals surface area contributed by atoms with Crippen LogP contribution in [0.15, 0.2) is 24.5 Å². The van der Waals surface area contributed by atoms with Gasteiger partial charge in [0, 0.05) is 18.5 Å². The Kier molecular flexibility index (Phi) is 6.62. The van der Waals surface area contributed by atoms with Crippen LogP contribution in [0.1, 0.15) is 34.5 Å². The topological polar surface area (TPSA) is 88.6 Å². The summed E-state index contributed by atoms with van der Waals surface area (Å²) in [6.45, 7) is 4.98. The molecule has 1 aromatic carbocycles. The van der Waals surface area contributed by atoms with Gasteiger partial charge in [-0.1, -0.05) is 0 Å². The number of ether oxygens (including phenoxy) is 2. The minimum Gasteiger partial charge on any atom is -0.486 e. The van der Waals surface area contributed by atoms with E-state index >= 15 is 0 Å². The van der Waals surface area contributed by atoms with Crippen molar-refractivity contribution >= 4 is 39.0 Å². The van der Waals surface area contributed by atoms with E-state index in [9.17, 15) is 9.18 Å². The van der Waals surface area contributed by atoms with Crippen LogP contribution < -0.4 is 15.4 Å². The second-order valence-corrected chi connectivity index (χ2v) is 9.88. The number of nitrogens with zero attached hydrogens (tertiary/aromatic N) is 3. The van der Waals surface area contributed by atoms with Crippen molar-refractivity contribution in [3.8, 4) is 5.75 Å². The van der Waals surface area contributed by atoms with Crippen molar-refractivity contribution in [2.75, 3.05) is 38.7 Å². The van der Waals surface area contributed by atoms with Crippen LogP contribution in [0.3, 0.4) is 0 Å². The molecule has 8 nitrogen and oxygen atoms in total. The third-order valence-corrected chi connectivity index (χ3v) is 7.56. The number of hydrogen-bond acceptors (Lipinski definition) is 8. The summed E-state index contributed by atoms with van der Waals surface area (Å²) < 4.78 is 25.4. The highest BCUT2D eigenvalue weighted by Crippen LogP contribution is 2.37. The van der Waals surface area contributed by atoms with Crippen LogP contribution in [0.4, 0.5) is 15.9 Å². The van der Waals surface area contributed by atoms with E-state index in [1.165, 1.54) is 29.8 Å². The minimum atomic E-state index is -0.383. The van der Waals surface area contributed by atoms with Gasteiger partial charge in [0.1, 0.15) is 34.6 Å². The van der Waals surface area contributed by atoms with Gasteiger partial charge in [0.05, 0.1) is 29.2 Å². The summed E-state index contributed by atoms with van der Waals surface area (Å²) >= 11 is 1.36. The fraction of sp³-hybridized carbons (Fsp3) is 0.458. The van der Waals surface area contributed by atoms with Gasteiger partial charge in [0.25, 0.3) is 5.91 Å². The smallest absolute Gasteiger partial charge is 0.261 e. The number of amides is 1. The van der Waals surface area contributed by atoms with Crippen LogP contribution in [-0.4, -0.2) is 66.3 Å². The lowest BCUT2D eigenvalue weighted by molar-refractivity contribution is 0.0920. The summed E-state index contributed by atoms with van der Waals surface area (Å²) in [6.07, 6.45) is 3.99. The van der Waals surface area contributed by atoms with E-state index in [1.54, 1.807) is 6.07 Å². The summed E-state index contributed by atoms with van der Waals surface area (Å²) in [7, 11) is 2.10. The lowest BCUT2D eigenvalue weighted by atomic mass is 10.1. The zero-order chi connectivity index (χ0) is 23.7. The maximum absolute atomic E-state index is 14.0. The molecule has 4 heterocycles. The van der Waals surface area contributed by atoms with Crippen LogP contribution in [-0.2, 0) is 4.74 Å². The highest BCUT2D eigenvalue weighted by molar-refractivity contribution is 7.20. The fourth-order valence-corrected chi connectivity index (χ4v) is 5.45. The number of piperidine rings is 1. The van der Waals surface area contributed by atoms with Crippen molar-refractivity contribution in [3.05, 3.63) is 40.8 Å². The molecule has 0 aliphatic carbocycles. The predicted octanol–water partition coefficient (Wildman–Crippen LogP) is 3.87. The molecular weight excluding hydrogens is 457 g/mol. The molecule has 3 aromatic rings. The van der Waals surface area contributed by atoms with Crippen LogP contribution >= 0.6 is 11.3 Å². The van der Waals surface area contributed by atoms with E-state index in [0.717, 1.165) is 48.1 Å². The number of aromatic nitrogens is 2. The molecule has 2 aliphatic rings. The number of carbonyl (C=O) groups is 1. The van der Waals surface area contributed by atoms with Crippen molar-refractivity contribution in [2.45, 2.75) is 38.3 Å². The van der Waals surface area contributed by atoms with Gasteiger partial charge in [-0.2, -0.15) is 0 Å². The lowest BCUT2D eigenvalue weighted by Gasteiger charge is -2.29. The molecule has 1 unspecified atom stereocenters. The molecule has 2 N–H and O–H groups in total. The lowest BCUT2D eigenvalue weighted by Crippen LogP contribution is -2.43. The average molecular weight is 486 g/mol. The Balaban J connectivity index is 1.41. The minimum absolute atomic E-state index is 0.0759. The van der Waals surface area contributed by atoms with Crippen LogP contribution in [0.5, 0.6) is 5.75 Å². The van der Waals surface area contributed by atoms with Crippen LogP contribution in [0.25, 0.3) is 10.2 Å². The monoisotopic (exact) mass is 485 g/mol. The Morgan fingerprint density at radius 2 is 2.09 bits per heavy atom. The summed E-state index contributed by atoms with van der Waals surface area (Å²) in [5.74, 6) is 0.492. The number of thiophene rings is 1. The van der Waals surface area contributed by atoms with Gasteiger partial charge in [-0.05, 0) is 57.6 Å². The van der Waals surface area contributed by atoms with Gasteiger partial charge in [-0.15, -0.1) is 11.3 Å².